The summed E-state index contributed by atoms with van der Waals surface area (Å²) in [7, 11) is 0. The van der Waals surface area contributed by atoms with Gasteiger partial charge in [0.25, 0.3) is 0 Å². The second-order valence-corrected chi connectivity index (χ2v) is 3.97. The molecule has 0 spiro atoms. The zero-order valence-electron chi connectivity index (χ0n) is 7.49. The molecule has 4 N–H and O–H groups in total. The van der Waals surface area contributed by atoms with E-state index < -0.39 is 34.7 Å². The molecule has 1 unspecified atom stereocenters. The van der Waals surface area contributed by atoms with E-state index in [1.165, 1.54) is 22.6 Å². The van der Waals surface area contributed by atoms with Crippen LogP contribution in [0.15, 0.2) is 0 Å². The Labute approximate surface area is 98.8 Å². The van der Waals surface area contributed by atoms with Crippen molar-refractivity contribution in [1.29, 1.82) is 0 Å². The lowest BCUT2D eigenvalue weighted by Gasteiger charge is -2.37. The highest BCUT2D eigenvalue weighted by Gasteiger charge is 2.43. The molecule has 0 bridgehead atoms. The van der Waals surface area contributed by atoms with Crippen LogP contribution >= 0.6 is 22.6 Å². The van der Waals surface area contributed by atoms with Gasteiger partial charge in [0.15, 0.2) is 6.29 Å². The highest BCUT2D eigenvalue weighted by atomic mass is 127. The van der Waals surface area contributed by atoms with Gasteiger partial charge >= 0.3 is 3.98 Å². The number of rotatable bonds is 2. The van der Waals surface area contributed by atoms with Gasteiger partial charge in [-0.2, -0.15) is 0 Å². The van der Waals surface area contributed by atoms with Crippen LogP contribution in [0, 0.1) is 0 Å². The van der Waals surface area contributed by atoms with Crippen molar-refractivity contribution in [2.45, 2.75) is 30.7 Å². The maximum absolute atomic E-state index is 10.5. The molecule has 0 aromatic heterocycles. The summed E-state index contributed by atoms with van der Waals surface area (Å²) in [5.41, 5.74) is 0. The Bertz CT molecular complexity index is 235. The van der Waals surface area contributed by atoms with Crippen LogP contribution in [0.4, 0.5) is 4.79 Å². The summed E-state index contributed by atoms with van der Waals surface area (Å²) < 4.78 is 8.69. The van der Waals surface area contributed by atoms with Crippen LogP contribution < -0.4 is 0 Å². The molecule has 1 fully saturated rings. The van der Waals surface area contributed by atoms with Crippen LogP contribution in [-0.4, -0.2) is 61.7 Å². The second kappa shape index (κ2) is 5.37. The molecule has 0 amide bonds. The molecule has 7 nitrogen and oxygen atoms in total. The zero-order chi connectivity index (χ0) is 11.6. The molecular weight excluding hydrogens is 323 g/mol. The fourth-order valence-corrected chi connectivity index (χ4v) is 1.40. The first-order valence-corrected chi connectivity index (χ1v) is 5.21. The third-order valence-electron chi connectivity index (χ3n) is 2.05. The molecule has 0 aliphatic carbocycles. The van der Waals surface area contributed by atoms with E-state index in [1.807, 2.05) is 0 Å². The van der Waals surface area contributed by atoms with Crippen molar-refractivity contribution in [3.63, 3.8) is 0 Å². The quantitative estimate of drug-likeness (QED) is 0.353. The highest BCUT2D eigenvalue weighted by molar-refractivity contribution is 14.1. The van der Waals surface area contributed by atoms with Crippen molar-refractivity contribution >= 4 is 26.6 Å². The van der Waals surface area contributed by atoms with Gasteiger partial charge in [-0.05, 0) is 0 Å². The largest absolute Gasteiger partial charge is 0.455 e. The topological polar surface area (TPSA) is 116 Å². The number of carbonyl (C=O) groups excluding carboxylic acids is 1. The van der Waals surface area contributed by atoms with Crippen LogP contribution in [0.25, 0.3) is 0 Å². The van der Waals surface area contributed by atoms with Crippen LogP contribution in [-0.2, 0) is 9.47 Å². The lowest BCUT2D eigenvalue weighted by atomic mass is 9.99. The van der Waals surface area contributed by atoms with Crippen molar-refractivity contribution in [2.24, 2.45) is 0 Å². The van der Waals surface area contributed by atoms with Crippen LogP contribution in [0.1, 0.15) is 0 Å². The minimum absolute atomic E-state index is 0.302. The van der Waals surface area contributed by atoms with Crippen molar-refractivity contribution < 1.29 is 34.7 Å². The van der Waals surface area contributed by atoms with Crippen LogP contribution in [0.2, 0.25) is 0 Å². The average molecular weight is 334 g/mol. The van der Waals surface area contributed by atoms with Gasteiger partial charge in [0.1, 0.15) is 31.0 Å². The van der Waals surface area contributed by atoms with Crippen LogP contribution in [0.3, 0.4) is 0 Å². The second-order valence-electron chi connectivity index (χ2n) is 3.09. The minimum atomic E-state index is -1.61. The number of aliphatic hydroxyl groups excluding tert-OH is 4. The summed E-state index contributed by atoms with van der Waals surface area (Å²) in [5, 5.41) is 36.9. The van der Waals surface area contributed by atoms with Gasteiger partial charge in [0, 0.05) is 0 Å². The molecule has 0 aromatic rings. The monoisotopic (exact) mass is 334 g/mol. The van der Waals surface area contributed by atoms with E-state index in [-0.39, 0.29) is 6.61 Å². The molecule has 8 heteroatoms. The minimum Gasteiger partial charge on any atom is -0.455 e. The van der Waals surface area contributed by atoms with E-state index >= 15 is 0 Å². The highest BCUT2D eigenvalue weighted by Crippen LogP contribution is 2.20. The van der Waals surface area contributed by atoms with Crippen molar-refractivity contribution in [2.75, 3.05) is 6.61 Å². The molecule has 15 heavy (non-hydrogen) atoms. The van der Waals surface area contributed by atoms with Crippen molar-refractivity contribution in [3.05, 3.63) is 0 Å². The predicted octanol–water partition coefficient (Wildman–Crippen LogP) is -1.64. The van der Waals surface area contributed by atoms with E-state index in [0.717, 1.165) is 0 Å². The summed E-state index contributed by atoms with van der Waals surface area (Å²) in [6, 6.07) is 0. The molecule has 88 valence electrons. The molecule has 0 aromatic carbocycles. The molecule has 1 rings (SSSR count). The fraction of sp³-hybridized carbons (Fsp3) is 0.857. The Balaban J connectivity index is 2.54. The Morgan fingerprint density at radius 1 is 1.20 bits per heavy atom. The maximum Gasteiger partial charge on any atom is 0.367 e. The average Bonchev–Trinajstić information content (AvgIpc) is 2.18. The number of hydrogen-bond donors (Lipinski definition) is 4. The summed E-state index contributed by atoms with van der Waals surface area (Å²) in [6.07, 6.45) is -7.20. The molecule has 5 atom stereocenters. The van der Waals surface area contributed by atoms with Gasteiger partial charge < -0.3 is 29.9 Å². The first kappa shape index (κ1) is 13.1. The Morgan fingerprint density at radius 3 is 2.33 bits per heavy atom. The third kappa shape index (κ3) is 3.23. The Morgan fingerprint density at radius 2 is 1.80 bits per heavy atom. The predicted molar refractivity (Wildman–Crippen MR) is 54.3 cm³/mol. The number of carbonyl (C=O) groups is 1. The van der Waals surface area contributed by atoms with Gasteiger partial charge in [0.2, 0.25) is 0 Å². The molecule has 1 saturated heterocycles. The van der Waals surface area contributed by atoms with Crippen molar-refractivity contribution in [1.82, 2.24) is 0 Å². The summed E-state index contributed by atoms with van der Waals surface area (Å²) >= 11 is 1.39. The molecule has 0 saturated carbocycles. The maximum atomic E-state index is 10.5. The summed E-state index contributed by atoms with van der Waals surface area (Å²) in [6.45, 7) is -0.302. The van der Waals surface area contributed by atoms with Gasteiger partial charge in [-0.3, -0.25) is 0 Å². The summed E-state index contributed by atoms with van der Waals surface area (Å²) in [5.74, 6) is 0. The summed E-state index contributed by atoms with van der Waals surface area (Å²) in [4.78, 5) is 10.5. The van der Waals surface area contributed by atoms with E-state index in [9.17, 15) is 15.0 Å². The number of aliphatic hydroxyl groups is 4. The zero-order valence-corrected chi connectivity index (χ0v) is 9.64. The first-order valence-electron chi connectivity index (χ1n) is 4.13. The Hall–Kier alpha value is -0.0000000000000000694. The van der Waals surface area contributed by atoms with E-state index in [4.69, 9.17) is 14.9 Å². The molecule has 1 heterocycles. The van der Waals surface area contributed by atoms with Gasteiger partial charge in [-0.1, -0.05) is 0 Å². The molecule has 1 aliphatic rings. The van der Waals surface area contributed by atoms with Gasteiger partial charge in [0.05, 0.1) is 22.6 Å². The lowest BCUT2D eigenvalue weighted by molar-refractivity contribution is -0.286. The molecular formula is C7H11IO7. The smallest absolute Gasteiger partial charge is 0.367 e. The molecule has 0 radical (unpaired) electrons. The third-order valence-corrected chi connectivity index (χ3v) is 2.36. The fourth-order valence-electron chi connectivity index (χ4n) is 1.22. The normalized spacial score (nSPS) is 41.3. The Kier molecular flexibility index (Phi) is 4.67. The number of hydrogen-bond acceptors (Lipinski definition) is 7. The first-order chi connectivity index (χ1) is 6.93. The van der Waals surface area contributed by atoms with E-state index in [0.29, 0.717) is 0 Å². The standard InChI is InChI=1S/C7H11IO7/c8-7(13)14-1-2-3(9)4(10)5(11)6(12)15-2/h2-6,9-12H,1H2/t2-,3-,4+,5-,6?/m1/s1. The van der Waals surface area contributed by atoms with Gasteiger partial charge in [-0.25, -0.2) is 4.79 Å². The van der Waals surface area contributed by atoms with Gasteiger partial charge in [-0.15, -0.1) is 0 Å². The van der Waals surface area contributed by atoms with E-state index in [1.54, 1.807) is 0 Å². The van der Waals surface area contributed by atoms with Crippen LogP contribution in [0.5, 0.6) is 0 Å². The molecule has 1 aliphatic heterocycles. The lowest BCUT2D eigenvalue weighted by Crippen LogP contribution is -2.58. The number of halogens is 1. The van der Waals surface area contributed by atoms with Crippen molar-refractivity contribution in [3.8, 4) is 0 Å². The number of ether oxygens (including phenoxy) is 2. The SMILES string of the molecule is O=C(I)OC[C@H]1OC(O)[C@H](O)[C@@H](O)[C@@H]1O. The van der Waals surface area contributed by atoms with E-state index in [2.05, 4.69) is 4.74 Å².